The number of amides is 1. The van der Waals surface area contributed by atoms with Gasteiger partial charge in [0.1, 0.15) is 0 Å². The Balaban J connectivity index is 1.33. The van der Waals surface area contributed by atoms with Crippen LogP contribution in [0.3, 0.4) is 0 Å². The molecule has 3 aliphatic rings. The predicted molar refractivity (Wildman–Crippen MR) is 115 cm³/mol. The van der Waals surface area contributed by atoms with Gasteiger partial charge in [0.25, 0.3) is 0 Å². The van der Waals surface area contributed by atoms with Crippen molar-refractivity contribution in [1.29, 1.82) is 0 Å². The molecule has 0 saturated carbocycles. The second kappa shape index (κ2) is 8.27. The standard InChI is InChI=1S/C23H26NO4P/c1-29(26,27)28-13-12-24-21(25)7-2-4-16-14-19-10-8-17-5-3-6-18-9-11-20(15-16)23(19)22(17)18/h3,5-6,8-10,14-15,22H,2,4,7,11-13H2,1H3,(H,24,25)(H,26,27). The van der Waals surface area contributed by atoms with E-state index in [4.69, 9.17) is 9.42 Å². The maximum atomic E-state index is 11.9. The fourth-order valence-corrected chi connectivity index (χ4v) is 4.73. The zero-order valence-corrected chi connectivity index (χ0v) is 17.5. The van der Waals surface area contributed by atoms with Crippen LogP contribution in [-0.2, 0) is 26.7 Å². The zero-order chi connectivity index (χ0) is 20.4. The van der Waals surface area contributed by atoms with Gasteiger partial charge in [-0.2, -0.15) is 0 Å². The lowest BCUT2D eigenvalue weighted by Gasteiger charge is -2.33. The Morgan fingerprint density at radius 1 is 1.28 bits per heavy atom. The van der Waals surface area contributed by atoms with Gasteiger partial charge in [-0.1, -0.05) is 48.6 Å². The molecule has 0 aliphatic heterocycles. The monoisotopic (exact) mass is 411 g/mol. The van der Waals surface area contributed by atoms with E-state index in [0.29, 0.717) is 12.3 Å². The molecule has 6 heteroatoms. The lowest BCUT2D eigenvalue weighted by molar-refractivity contribution is -0.121. The normalized spacial score (nSPS) is 20.4. The van der Waals surface area contributed by atoms with Gasteiger partial charge >= 0.3 is 7.60 Å². The molecule has 29 heavy (non-hydrogen) atoms. The van der Waals surface area contributed by atoms with E-state index < -0.39 is 7.60 Å². The Labute approximate surface area is 171 Å². The van der Waals surface area contributed by atoms with Crippen LogP contribution < -0.4 is 5.32 Å². The minimum atomic E-state index is -3.48. The van der Waals surface area contributed by atoms with E-state index in [2.05, 4.69) is 53.9 Å². The smallest absolute Gasteiger partial charge is 0.325 e. The molecule has 0 spiro atoms. The maximum Gasteiger partial charge on any atom is 0.325 e. The molecule has 0 heterocycles. The third-order valence-corrected chi connectivity index (χ3v) is 6.19. The van der Waals surface area contributed by atoms with Crippen LogP contribution in [0.2, 0.25) is 0 Å². The lowest BCUT2D eigenvalue weighted by atomic mass is 9.70. The molecule has 0 bridgehead atoms. The summed E-state index contributed by atoms with van der Waals surface area (Å²) in [6.45, 7) is 1.42. The Morgan fingerprint density at radius 2 is 2.14 bits per heavy atom. The van der Waals surface area contributed by atoms with Crippen LogP contribution in [0.15, 0.2) is 53.7 Å². The van der Waals surface area contributed by atoms with E-state index >= 15 is 0 Å². The first-order valence-corrected chi connectivity index (χ1v) is 12.1. The molecular weight excluding hydrogens is 385 g/mol. The molecule has 1 aromatic carbocycles. The van der Waals surface area contributed by atoms with Gasteiger partial charge in [-0.05, 0) is 52.7 Å². The average molecular weight is 411 g/mol. The number of aryl methyl sites for hydroxylation is 1. The number of carbonyl (C=O) groups is 1. The fourth-order valence-electron chi connectivity index (χ4n) is 4.30. The summed E-state index contributed by atoms with van der Waals surface area (Å²) in [7, 11) is -3.48. The highest BCUT2D eigenvalue weighted by Gasteiger charge is 2.30. The Kier molecular flexibility index (Phi) is 5.73. The van der Waals surface area contributed by atoms with Gasteiger partial charge in [0.2, 0.25) is 5.91 Å². The van der Waals surface area contributed by atoms with E-state index in [1.807, 2.05) is 0 Å². The SMILES string of the molecule is CP(=O)(O)OCCNC(=O)CCCc1cc2c3c(c1)CC=C1C=CC=C(C=C2)C13. The topological polar surface area (TPSA) is 75.6 Å². The van der Waals surface area contributed by atoms with Crippen molar-refractivity contribution in [2.24, 2.45) is 0 Å². The van der Waals surface area contributed by atoms with Crippen LogP contribution in [-0.4, -0.2) is 30.6 Å². The highest BCUT2D eigenvalue weighted by Crippen LogP contribution is 2.46. The van der Waals surface area contributed by atoms with Gasteiger partial charge in [0.05, 0.1) is 6.61 Å². The van der Waals surface area contributed by atoms with Crippen LogP contribution in [0.4, 0.5) is 0 Å². The van der Waals surface area contributed by atoms with E-state index in [1.165, 1.54) is 33.4 Å². The van der Waals surface area contributed by atoms with Crippen molar-refractivity contribution in [3.05, 3.63) is 75.9 Å². The van der Waals surface area contributed by atoms with E-state index in [1.54, 1.807) is 0 Å². The molecule has 0 saturated heterocycles. The average Bonchev–Trinajstić information content (AvgIpc) is 2.68. The van der Waals surface area contributed by atoms with Crippen molar-refractivity contribution in [2.75, 3.05) is 19.8 Å². The van der Waals surface area contributed by atoms with E-state index in [0.717, 1.165) is 25.9 Å². The van der Waals surface area contributed by atoms with Crippen molar-refractivity contribution >= 4 is 19.6 Å². The molecule has 2 N–H and O–H groups in total. The minimum absolute atomic E-state index is 0.0405. The third-order valence-electron chi connectivity index (χ3n) is 5.53. The Morgan fingerprint density at radius 3 is 2.97 bits per heavy atom. The number of hydrogen-bond acceptors (Lipinski definition) is 3. The largest absolute Gasteiger partial charge is 0.354 e. The molecular formula is C23H26NO4P. The first-order chi connectivity index (χ1) is 13.9. The van der Waals surface area contributed by atoms with Gasteiger partial charge in [0, 0.05) is 25.5 Å². The summed E-state index contributed by atoms with van der Waals surface area (Å²) in [5.74, 6) is 0.316. The van der Waals surface area contributed by atoms with Crippen molar-refractivity contribution in [3.63, 3.8) is 0 Å². The molecule has 1 amide bonds. The van der Waals surface area contributed by atoms with Gasteiger partial charge in [-0.25, -0.2) is 0 Å². The van der Waals surface area contributed by atoms with Crippen LogP contribution in [0.5, 0.6) is 0 Å². The molecule has 3 aliphatic carbocycles. The van der Waals surface area contributed by atoms with Crippen LogP contribution in [0.1, 0.15) is 41.0 Å². The molecule has 0 fully saturated rings. The lowest BCUT2D eigenvalue weighted by Crippen LogP contribution is -2.26. The summed E-state index contributed by atoms with van der Waals surface area (Å²) >= 11 is 0. The van der Waals surface area contributed by atoms with E-state index in [-0.39, 0.29) is 19.1 Å². The van der Waals surface area contributed by atoms with E-state index in [9.17, 15) is 9.36 Å². The molecule has 0 radical (unpaired) electrons. The molecule has 0 aromatic heterocycles. The van der Waals surface area contributed by atoms with Gasteiger partial charge in [0.15, 0.2) is 0 Å². The third kappa shape index (κ3) is 4.69. The first kappa shape index (κ1) is 20.1. The quantitative estimate of drug-likeness (QED) is 0.500. The Bertz CT molecular complexity index is 996. The maximum absolute atomic E-state index is 11.9. The van der Waals surface area contributed by atoms with Gasteiger partial charge in [-0.3, -0.25) is 9.36 Å². The summed E-state index contributed by atoms with van der Waals surface area (Å²) in [6, 6.07) is 4.56. The van der Waals surface area contributed by atoms with Crippen LogP contribution in [0.25, 0.3) is 6.08 Å². The zero-order valence-electron chi connectivity index (χ0n) is 16.6. The molecule has 2 unspecified atom stereocenters. The molecule has 1 aromatic rings. The summed E-state index contributed by atoms with van der Waals surface area (Å²) < 4.78 is 15.8. The number of rotatable bonds is 8. The van der Waals surface area contributed by atoms with Crippen LogP contribution in [0, 0.1) is 0 Å². The first-order valence-electron chi connectivity index (χ1n) is 10.0. The van der Waals surface area contributed by atoms with Crippen molar-refractivity contribution in [3.8, 4) is 0 Å². The highest BCUT2D eigenvalue weighted by molar-refractivity contribution is 7.51. The number of benzene rings is 1. The van der Waals surface area contributed by atoms with Crippen molar-refractivity contribution in [2.45, 2.75) is 31.6 Å². The summed E-state index contributed by atoms with van der Waals surface area (Å²) in [5, 5.41) is 2.72. The second-order valence-electron chi connectivity index (χ2n) is 7.80. The molecule has 2 atom stereocenters. The predicted octanol–water partition coefficient (Wildman–Crippen LogP) is 4.05. The summed E-state index contributed by atoms with van der Waals surface area (Å²) in [5.41, 5.74) is 8.17. The van der Waals surface area contributed by atoms with Crippen LogP contribution >= 0.6 is 7.60 Å². The fraction of sp³-hybridized carbons (Fsp3) is 0.348. The molecule has 5 nitrogen and oxygen atoms in total. The van der Waals surface area contributed by atoms with Crippen molar-refractivity contribution < 1.29 is 18.8 Å². The summed E-state index contributed by atoms with van der Waals surface area (Å²) in [4.78, 5) is 21.0. The number of allylic oxidation sites excluding steroid dienone is 7. The molecule has 152 valence electrons. The van der Waals surface area contributed by atoms with Crippen molar-refractivity contribution in [1.82, 2.24) is 5.32 Å². The number of nitrogens with one attached hydrogen (secondary N) is 1. The number of carbonyl (C=O) groups excluding carboxylic acids is 1. The number of hydrogen-bond donors (Lipinski definition) is 2. The Hall–Kier alpha value is -2.20. The van der Waals surface area contributed by atoms with Gasteiger partial charge < -0.3 is 14.7 Å². The van der Waals surface area contributed by atoms with Gasteiger partial charge in [-0.15, -0.1) is 0 Å². The second-order valence-corrected chi connectivity index (χ2v) is 9.66. The minimum Gasteiger partial charge on any atom is -0.354 e. The summed E-state index contributed by atoms with van der Waals surface area (Å²) in [6.07, 6.45) is 16.3. The highest BCUT2D eigenvalue weighted by atomic mass is 31.2. The molecule has 4 rings (SSSR count).